The summed E-state index contributed by atoms with van der Waals surface area (Å²) in [6, 6.07) is 13.0. The number of aromatic nitrogens is 2. The van der Waals surface area contributed by atoms with Crippen molar-refractivity contribution < 1.29 is 14.6 Å². The number of fused-ring (bicyclic) bond motifs is 1. The number of amides is 1. The summed E-state index contributed by atoms with van der Waals surface area (Å²) in [5, 5.41) is 13.0. The zero-order valence-electron chi connectivity index (χ0n) is 16.6. The Hall–Kier alpha value is -3.26. The van der Waals surface area contributed by atoms with E-state index >= 15 is 0 Å². The van der Waals surface area contributed by atoms with Crippen LogP contribution in [0.4, 0.5) is 5.82 Å². The van der Waals surface area contributed by atoms with Crippen molar-refractivity contribution in [2.24, 2.45) is 0 Å². The minimum Gasteiger partial charge on any atom is -0.504 e. The number of hydrogen-bond donors (Lipinski definition) is 3. The van der Waals surface area contributed by atoms with E-state index in [2.05, 4.69) is 15.3 Å². The van der Waals surface area contributed by atoms with Gasteiger partial charge in [-0.25, -0.2) is 4.98 Å². The summed E-state index contributed by atoms with van der Waals surface area (Å²) in [5.41, 5.74) is 3.12. The van der Waals surface area contributed by atoms with Gasteiger partial charge in [0.05, 0.1) is 12.7 Å². The van der Waals surface area contributed by atoms with E-state index in [1.807, 2.05) is 31.2 Å². The molecule has 2 aromatic carbocycles. The Kier molecular flexibility index (Phi) is 5.50. The molecule has 0 saturated heterocycles. The van der Waals surface area contributed by atoms with E-state index in [1.165, 1.54) is 30.5 Å². The number of carbonyl (C=O) groups excluding carboxylic acids is 1. The number of aryl methyl sites for hydroxylation is 1. The molecule has 2 heterocycles. The molecule has 30 heavy (non-hydrogen) atoms. The molecule has 1 aliphatic rings. The number of phenolic OH excluding ortho intramolecular Hbond substituents is 1. The van der Waals surface area contributed by atoms with E-state index in [4.69, 9.17) is 4.74 Å². The molecular formula is C22H21N3O4S. The molecule has 1 aromatic heterocycles. The van der Waals surface area contributed by atoms with E-state index in [0.717, 1.165) is 5.56 Å². The molecule has 154 valence electrons. The van der Waals surface area contributed by atoms with Crippen LogP contribution in [0.25, 0.3) is 0 Å². The topological polar surface area (TPSA) is 104 Å². The van der Waals surface area contributed by atoms with Gasteiger partial charge in [-0.05, 0) is 30.2 Å². The highest BCUT2D eigenvalue weighted by Gasteiger charge is 2.31. The predicted octanol–water partition coefficient (Wildman–Crippen LogP) is 3.56. The number of H-pyrrole nitrogens is 1. The zero-order valence-corrected chi connectivity index (χ0v) is 17.4. The van der Waals surface area contributed by atoms with Gasteiger partial charge in [-0.1, -0.05) is 47.7 Å². The fourth-order valence-corrected chi connectivity index (χ4v) is 4.27. The summed E-state index contributed by atoms with van der Waals surface area (Å²) in [6.45, 7) is 2.03. The molecule has 1 atom stereocenters. The summed E-state index contributed by atoms with van der Waals surface area (Å²) < 4.78 is 5.17. The molecule has 0 radical (unpaired) electrons. The first-order valence-electron chi connectivity index (χ1n) is 9.44. The van der Waals surface area contributed by atoms with Crippen LogP contribution in [0.2, 0.25) is 0 Å². The Labute approximate surface area is 177 Å². The van der Waals surface area contributed by atoms with E-state index < -0.39 is 5.92 Å². The lowest BCUT2D eigenvalue weighted by atomic mass is 9.86. The highest BCUT2D eigenvalue weighted by Crippen LogP contribution is 2.38. The van der Waals surface area contributed by atoms with E-state index in [0.29, 0.717) is 22.0 Å². The highest BCUT2D eigenvalue weighted by molar-refractivity contribution is 7.98. The van der Waals surface area contributed by atoms with Crippen LogP contribution in [-0.2, 0) is 10.5 Å². The van der Waals surface area contributed by atoms with Crippen molar-refractivity contribution in [3.05, 3.63) is 75.1 Å². The number of nitrogens with one attached hydrogen (secondary N) is 2. The van der Waals surface area contributed by atoms with E-state index in [-0.39, 0.29) is 35.2 Å². The first-order valence-corrected chi connectivity index (χ1v) is 10.4. The van der Waals surface area contributed by atoms with Gasteiger partial charge < -0.3 is 20.1 Å². The number of nitrogens with zero attached hydrogens (tertiary/aromatic N) is 1. The number of rotatable bonds is 5. The summed E-state index contributed by atoms with van der Waals surface area (Å²) in [6.07, 6.45) is 0.113. The van der Waals surface area contributed by atoms with Crippen LogP contribution in [0, 0.1) is 6.92 Å². The molecule has 0 bridgehead atoms. The number of aromatic amines is 1. The van der Waals surface area contributed by atoms with Gasteiger partial charge in [0.15, 0.2) is 16.7 Å². The Morgan fingerprint density at radius 2 is 1.97 bits per heavy atom. The van der Waals surface area contributed by atoms with Crippen molar-refractivity contribution in [2.75, 3.05) is 12.4 Å². The monoisotopic (exact) mass is 423 g/mol. The lowest BCUT2D eigenvalue weighted by molar-refractivity contribution is -0.116. The normalized spacial score (nSPS) is 15.4. The largest absolute Gasteiger partial charge is 0.504 e. The summed E-state index contributed by atoms with van der Waals surface area (Å²) in [5.74, 6) is 0.515. The average molecular weight is 423 g/mol. The number of hydrogen-bond acceptors (Lipinski definition) is 6. The van der Waals surface area contributed by atoms with Crippen LogP contribution in [-0.4, -0.2) is 28.1 Å². The zero-order chi connectivity index (χ0) is 21.3. The van der Waals surface area contributed by atoms with Crippen LogP contribution in [0.5, 0.6) is 11.5 Å². The molecule has 3 N–H and O–H groups in total. The van der Waals surface area contributed by atoms with Gasteiger partial charge >= 0.3 is 0 Å². The van der Waals surface area contributed by atoms with Gasteiger partial charge in [0.1, 0.15) is 5.82 Å². The maximum absolute atomic E-state index is 12.9. The molecule has 0 aliphatic carbocycles. The quantitative estimate of drug-likeness (QED) is 0.428. The van der Waals surface area contributed by atoms with Crippen LogP contribution < -0.4 is 15.6 Å². The minimum absolute atomic E-state index is 0.00313. The van der Waals surface area contributed by atoms with Gasteiger partial charge in [0.25, 0.3) is 5.56 Å². The lowest BCUT2D eigenvalue weighted by Crippen LogP contribution is -2.31. The maximum Gasteiger partial charge on any atom is 0.257 e. The molecule has 1 unspecified atom stereocenters. The summed E-state index contributed by atoms with van der Waals surface area (Å²) in [4.78, 5) is 32.5. The van der Waals surface area contributed by atoms with Crippen molar-refractivity contribution in [1.29, 1.82) is 0 Å². The molecule has 1 amide bonds. The lowest BCUT2D eigenvalue weighted by Gasteiger charge is -2.25. The van der Waals surface area contributed by atoms with Crippen LogP contribution in [0.15, 0.2) is 52.4 Å². The predicted molar refractivity (Wildman–Crippen MR) is 115 cm³/mol. The molecule has 8 heteroatoms. The Morgan fingerprint density at radius 1 is 1.20 bits per heavy atom. The van der Waals surface area contributed by atoms with Gasteiger partial charge in [-0.15, -0.1) is 0 Å². The Morgan fingerprint density at radius 3 is 2.70 bits per heavy atom. The van der Waals surface area contributed by atoms with Crippen LogP contribution in [0.1, 0.15) is 34.6 Å². The third kappa shape index (κ3) is 4.04. The second kappa shape index (κ2) is 8.23. The molecular weight excluding hydrogens is 402 g/mol. The molecule has 4 rings (SSSR count). The number of phenols is 1. The third-order valence-corrected chi connectivity index (χ3v) is 5.98. The number of thioether (sulfide) groups is 1. The average Bonchev–Trinajstić information content (AvgIpc) is 2.73. The minimum atomic E-state index is -0.476. The van der Waals surface area contributed by atoms with E-state index in [9.17, 15) is 14.7 Å². The standard InChI is InChI=1S/C22H21N3O4S/c1-12-3-5-13(6-4-12)11-30-22-24-20-19(21(28)25-22)15(10-18(27)23-20)14-7-8-16(26)17(9-14)29-2/h3-9,15,26H,10-11H2,1-2H3,(H2,23,24,25,27,28). The van der Waals surface area contributed by atoms with Crippen molar-refractivity contribution in [3.8, 4) is 11.5 Å². The van der Waals surface area contributed by atoms with Crippen LogP contribution in [0.3, 0.4) is 0 Å². The van der Waals surface area contributed by atoms with Crippen molar-refractivity contribution in [2.45, 2.75) is 30.2 Å². The molecule has 0 fully saturated rings. The second-order valence-electron chi connectivity index (χ2n) is 7.14. The third-order valence-electron chi connectivity index (χ3n) is 5.03. The first kappa shape index (κ1) is 20.0. The van der Waals surface area contributed by atoms with Crippen molar-refractivity contribution >= 4 is 23.5 Å². The first-order chi connectivity index (χ1) is 14.4. The highest BCUT2D eigenvalue weighted by atomic mass is 32.2. The summed E-state index contributed by atoms with van der Waals surface area (Å²) in [7, 11) is 1.45. The second-order valence-corrected chi connectivity index (χ2v) is 8.11. The molecule has 0 saturated carbocycles. The molecule has 7 nitrogen and oxygen atoms in total. The summed E-state index contributed by atoms with van der Waals surface area (Å²) >= 11 is 1.40. The Bertz CT molecular complexity index is 1160. The molecule has 1 aliphatic heterocycles. The van der Waals surface area contributed by atoms with Gasteiger partial charge in [-0.3, -0.25) is 9.59 Å². The number of methoxy groups -OCH3 is 1. The van der Waals surface area contributed by atoms with Crippen LogP contribution >= 0.6 is 11.8 Å². The fourth-order valence-electron chi connectivity index (χ4n) is 3.45. The number of benzene rings is 2. The van der Waals surface area contributed by atoms with Gasteiger partial charge in [0, 0.05) is 18.1 Å². The van der Waals surface area contributed by atoms with Crippen molar-refractivity contribution in [1.82, 2.24) is 9.97 Å². The maximum atomic E-state index is 12.9. The molecule has 3 aromatic rings. The number of aromatic hydroxyl groups is 1. The van der Waals surface area contributed by atoms with E-state index in [1.54, 1.807) is 12.1 Å². The fraction of sp³-hybridized carbons (Fsp3) is 0.227. The number of ether oxygens (including phenoxy) is 1. The molecule has 0 spiro atoms. The smallest absolute Gasteiger partial charge is 0.257 e. The van der Waals surface area contributed by atoms with Gasteiger partial charge in [0.2, 0.25) is 5.91 Å². The number of anilines is 1. The SMILES string of the molecule is COc1cc(C2CC(=O)Nc3nc(SCc4ccc(C)cc4)[nH]c(=O)c32)ccc1O. The Balaban J connectivity index is 1.66. The number of carbonyl (C=O) groups is 1. The van der Waals surface area contributed by atoms with Gasteiger partial charge in [-0.2, -0.15) is 0 Å². The van der Waals surface area contributed by atoms with Crippen molar-refractivity contribution in [3.63, 3.8) is 0 Å².